The topological polar surface area (TPSA) is 93.6 Å². The minimum Gasteiger partial charge on any atom is -0.477 e. The number of nitrogen functional groups attached to an aromatic ring is 1. The van der Waals surface area contributed by atoms with Crippen molar-refractivity contribution in [3.05, 3.63) is 11.3 Å². The molecule has 0 saturated carbocycles. The molecule has 1 aromatic heterocycles. The van der Waals surface area contributed by atoms with Crippen molar-refractivity contribution in [1.82, 2.24) is 14.7 Å². The molecule has 0 aromatic carbocycles. The highest BCUT2D eigenvalue weighted by Crippen LogP contribution is 2.17. The van der Waals surface area contributed by atoms with E-state index in [1.807, 2.05) is 6.92 Å². The lowest BCUT2D eigenvalue weighted by Crippen LogP contribution is -2.38. The average Bonchev–Trinajstić information content (AvgIpc) is 2.74. The van der Waals surface area contributed by atoms with Crippen molar-refractivity contribution < 1.29 is 14.6 Å². The highest BCUT2D eigenvalue weighted by Gasteiger charge is 2.20. The lowest BCUT2D eigenvalue weighted by atomic mass is 10.2. The van der Waals surface area contributed by atoms with Gasteiger partial charge < -0.3 is 15.6 Å². The molecule has 106 valence electrons. The van der Waals surface area contributed by atoms with Crippen LogP contribution in [0, 0.1) is 0 Å². The van der Waals surface area contributed by atoms with Crippen molar-refractivity contribution in [2.24, 2.45) is 0 Å². The summed E-state index contributed by atoms with van der Waals surface area (Å²) in [4.78, 5) is 13.4. The zero-order valence-corrected chi connectivity index (χ0v) is 11.1. The maximum atomic E-state index is 11.2. The second kappa shape index (κ2) is 6.03. The highest BCUT2D eigenvalue weighted by atomic mass is 16.5. The molecule has 0 unspecified atom stereocenters. The molecule has 2 heterocycles. The molecule has 2 rings (SSSR count). The van der Waals surface area contributed by atoms with E-state index in [9.17, 15) is 4.79 Å². The van der Waals surface area contributed by atoms with E-state index < -0.39 is 5.97 Å². The van der Waals surface area contributed by atoms with Crippen LogP contribution in [0.25, 0.3) is 0 Å². The minimum atomic E-state index is -1.01. The van der Waals surface area contributed by atoms with E-state index in [1.165, 1.54) is 0 Å². The van der Waals surface area contributed by atoms with Crippen LogP contribution < -0.4 is 5.73 Å². The zero-order valence-electron chi connectivity index (χ0n) is 11.1. The normalized spacial score (nSPS) is 16.7. The van der Waals surface area contributed by atoms with Gasteiger partial charge in [0.05, 0.1) is 25.5 Å². The Balaban J connectivity index is 2.05. The van der Waals surface area contributed by atoms with Crippen LogP contribution in [-0.2, 0) is 17.7 Å². The molecular formula is C12H20N4O3. The molecule has 1 aliphatic rings. The van der Waals surface area contributed by atoms with E-state index in [-0.39, 0.29) is 11.4 Å². The summed E-state index contributed by atoms with van der Waals surface area (Å²) in [5.41, 5.74) is 6.56. The summed E-state index contributed by atoms with van der Waals surface area (Å²) in [5.74, 6) is -0.760. The van der Waals surface area contributed by atoms with Crippen molar-refractivity contribution >= 4 is 11.8 Å². The summed E-state index contributed by atoms with van der Waals surface area (Å²) < 4.78 is 6.88. The maximum Gasteiger partial charge on any atom is 0.341 e. The number of anilines is 1. The van der Waals surface area contributed by atoms with Crippen LogP contribution in [0.3, 0.4) is 0 Å². The van der Waals surface area contributed by atoms with Gasteiger partial charge in [0.25, 0.3) is 0 Å². The third-order valence-corrected chi connectivity index (χ3v) is 3.34. The minimum absolute atomic E-state index is 0.143. The first kappa shape index (κ1) is 13.8. The van der Waals surface area contributed by atoms with Crippen LogP contribution in [0.4, 0.5) is 5.82 Å². The Hall–Kier alpha value is -1.60. The Morgan fingerprint density at radius 3 is 2.63 bits per heavy atom. The molecule has 0 bridgehead atoms. The van der Waals surface area contributed by atoms with Gasteiger partial charge in [0.15, 0.2) is 0 Å². The molecule has 0 atom stereocenters. The van der Waals surface area contributed by atoms with Gasteiger partial charge in [-0.25, -0.2) is 9.48 Å². The Kier molecular flexibility index (Phi) is 4.39. The monoisotopic (exact) mass is 268 g/mol. The molecule has 0 amide bonds. The third-order valence-electron chi connectivity index (χ3n) is 3.34. The van der Waals surface area contributed by atoms with Crippen molar-refractivity contribution in [1.29, 1.82) is 0 Å². The number of carboxylic acids is 1. The van der Waals surface area contributed by atoms with Crippen LogP contribution in [-0.4, -0.2) is 58.6 Å². The van der Waals surface area contributed by atoms with Gasteiger partial charge in [0.1, 0.15) is 11.4 Å². The summed E-state index contributed by atoms with van der Waals surface area (Å²) in [6.45, 7) is 6.57. The van der Waals surface area contributed by atoms with Crippen LogP contribution in [0.15, 0.2) is 0 Å². The van der Waals surface area contributed by atoms with Gasteiger partial charge in [-0.1, -0.05) is 6.92 Å². The van der Waals surface area contributed by atoms with E-state index in [4.69, 9.17) is 15.6 Å². The summed E-state index contributed by atoms with van der Waals surface area (Å²) in [6.07, 6.45) is 0.566. The molecule has 0 spiro atoms. The lowest BCUT2D eigenvalue weighted by Gasteiger charge is -2.26. The van der Waals surface area contributed by atoms with Crippen LogP contribution in [0.2, 0.25) is 0 Å². The molecular weight excluding hydrogens is 248 g/mol. The molecule has 7 nitrogen and oxygen atoms in total. The van der Waals surface area contributed by atoms with Gasteiger partial charge in [-0.2, -0.15) is 5.10 Å². The summed E-state index contributed by atoms with van der Waals surface area (Å²) in [6, 6.07) is 0. The summed E-state index contributed by atoms with van der Waals surface area (Å²) in [7, 11) is 0. The van der Waals surface area contributed by atoms with Gasteiger partial charge in [-0.15, -0.1) is 0 Å². The van der Waals surface area contributed by atoms with Crippen molar-refractivity contribution in [2.75, 3.05) is 38.6 Å². The lowest BCUT2D eigenvalue weighted by molar-refractivity contribution is 0.0360. The number of hydrogen-bond acceptors (Lipinski definition) is 5. The summed E-state index contributed by atoms with van der Waals surface area (Å²) >= 11 is 0. The fraction of sp³-hybridized carbons (Fsp3) is 0.667. The fourth-order valence-corrected chi connectivity index (χ4v) is 2.24. The second-order valence-electron chi connectivity index (χ2n) is 4.54. The van der Waals surface area contributed by atoms with Crippen molar-refractivity contribution in [3.63, 3.8) is 0 Å². The molecule has 1 fully saturated rings. The Morgan fingerprint density at radius 2 is 2.11 bits per heavy atom. The van der Waals surface area contributed by atoms with Gasteiger partial charge in [0.2, 0.25) is 0 Å². The number of ether oxygens (including phenoxy) is 1. The van der Waals surface area contributed by atoms with E-state index in [2.05, 4.69) is 10.00 Å². The van der Waals surface area contributed by atoms with Gasteiger partial charge in [-0.3, -0.25) is 4.90 Å². The second-order valence-corrected chi connectivity index (χ2v) is 4.54. The predicted molar refractivity (Wildman–Crippen MR) is 70.2 cm³/mol. The molecule has 0 aliphatic carbocycles. The van der Waals surface area contributed by atoms with E-state index in [0.717, 1.165) is 32.8 Å². The molecule has 1 saturated heterocycles. The number of aromatic nitrogens is 2. The smallest absolute Gasteiger partial charge is 0.341 e. The molecule has 7 heteroatoms. The first-order valence-electron chi connectivity index (χ1n) is 6.52. The number of rotatable bonds is 5. The Bertz CT molecular complexity index is 452. The Labute approximate surface area is 111 Å². The van der Waals surface area contributed by atoms with Crippen LogP contribution in [0.5, 0.6) is 0 Å². The van der Waals surface area contributed by atoms with Crippen LogP contribution >= 0.6 is 0 Å². The first-order chi connectivity index (χ1) is 9.13. The number of nitrogens with zero attached hydrogens (tertiary/aromatic N) is 3. The standard InChI is InChI=1S/C12H20N4O3/c1-2-9-10(12(17)18)11(13)16(14-9)4-3-15-5-7-19-8-6-15/h2-8,13H2,1H3,(H,17,18). The quantitative estimate of drug-likeness (QED) is 0.784. The molecule has 0 radical (unpaired) electrons. The zero-order chi connectivity index (χ0) is 13.8. The number of aryl methyl sites for hydroxylation is 1. The van der Waals surface area contributed by atoms with E-state index in [0.29, 0.717) is 18.7 Å². The predicted octanol–water partition coefficient (Wildman–Crippen LogP) is 0.0581. The van der Waals surface area contributed by atoms with Gasteiger partial charge in [0, 0.05) is 19.6 Å². The van der Waals surface area contributed by atoms with Crippen LogP contribution in [0.1, 0.15) is 23.0 Å². The molecule has 19 heavy (non-hydrogen) atoms. The Morgan fingerprint density at radius 1 is 1.42 bits per heavy atom. The molecule has 1 aromatic rings. The number of carbonyl (C=O) groups is 1. The van der Waals surface area contributed by atoms with E-state index >= 15 is 0 Å². The SMILES string of the molecule is CCc1nn(CCN2CCOCC2)c(N)c1C(=O)O. The first-order valence-corrected chi connectivity index (χ1v) is 6.52. The number of morpholine rings is 1. The number of aromatic carboxylic acids is 1. The van der Waals surface area contributed by atoms with Crippen molar-refractivity contribution in [3.8, 4) is 0 Å². The van der Waals surface area contributed by atoms with Gasteiger partial charge in [-0.05, 0) is 6.42 Å². The number of carboxylic acid groups (broad SMARTS) is 1. The largest absolute Gasteiger partial charge is 0.477 e. The molecule has 1 aliphatic heterocycles. The highest BCUT2D eigenvalue weighted by molar-refractivity contribution is 5.94. The van der Waals surface area contributed by atoms with E-state index in [1.54, 1.807) is 4.68 Å². The fourth-order valence-electron chi connectivity index (χ4n) is 2.24. The molecule has 3 N–H and O–H groups in total. The van der Waals surface area contributed by atoms with Crippen molar-refractivity contribution in [2.45, 2.75) is 19.9 Å². The third kappa shape index (κ3) is 3.05. The number of hydrogen-bond donors (Lipinski definition) is 2. The van der Waals surface area contributed by atoms with Gasteiger partial charge >= 0.3 is 5.97 Å². The average molecular weight is 268 g/mol. The maximum absolute atomic E-state index is 11.2. The summed E-state index contributed by atoms with van der Waals surface area (Å²) in [5, 5.41) is 13.4. The number of nitrogens with two attached hydrogens (primary N) is 1.